The fourth-order valence-corrected chi connectivity index (χ4v) is 3.36. The van der Waals surface area contributed by atoms with Gasteiger partial charge in [0.15, 0.2) is 11.5 Å². The highest BCUT2D eigenvalue weighted by Crippen LogP contribution is 2.38. The van der Waals surface area contributed by atoms with E-state index in [1.54, 1.807) is 0 Å². The van der Waals surface area contributed by atoms with E-state index in [0.29, 0.717) is 42.3 Å². The molecule has 0 saturated heterocycles. The summed E-state index contributed by atoms with van der Waals surface area (Å²) in [5.74, 6) is 0.475. The van der Waals surface area contributed by atoms with Crippen molar-refractivity contribution >= 4 is 17.6 Å². The molecule has 0 atom stereocenters. The molecular weight excluding hydrogens is 306 g/mol. The predicted molar refractivity (Wildman–Crippen MR) is 82.7 cm³/mol. The molecule has 0 bridgehead atoms. The van der Waals surface area contributed by atoms with Gasteiger partial charge in [-0.25, -0.2) is 0 Å². The van der Waals surface area contributed by atoms with Crippen LogP contribution >= 0.6 is 11.6 Å². The van der Waals surface area contributed by atoms with Crippen molar-refractivity contribution in [2.24, 2.45) is 5.92 Å². The number of rotatable bonds is 4. The number of carbonyl (C=O) groups is 1. The summed E-state index contributed by atoms with van der Waals surface area (Å²) in [7, 11) is 0. The number of halogens is 1. The van der Waals surface area contributed by atoms with Gasteiger partial charge in [-0.2, -0.15) is 0 Å². The summed E-state index contributed by atoms with van der Waals surface area (Å²) in [6.07, 6.45) is 3.29. The van der Waals surface area contributed by atoms with Crippen LogP contribution in [0.15, 0.2) is 12.1 Å². The van der Waals surface area contributed by atoms with Crippen molar-refractivity contribution in [1.82, 2.24) is 5.32 Å². The first kappa shape index (κ1) is 15.4. The lowest BCUT2D eigenvalue weighted by molar-refractivity contribution is -0.142. The number of hydrogen-bond acceptors (Lipinski definition) is 4. The minimum absolute atomic E-state index is 0.179. The number of carboxylic acids is 1. The van der Waals surface area contributed by atoms with Gasteiger partial charge in [-0.15, -0.1) is 0 Å². The molecule has 1 heterocycles. The van der Waals surface area contributed by atoms with Crippen LogP contribution in [0.4, 0.5) is 0 Å². The van der Waals surface area contributed by atoms with E-state index in [1.807, 2.05) is 12.1 Å². The van der Waals surface area contributed by atoms with E-state index < -0.39 is 5.97 Å². The molecule has 2 N–H and O–H groups in total. The maximum atomic E-state index is 11.0. The fraction of sp³-hybridized carbons (Fsp3) is 0.562. The van der Waals surface area contributed by atoms with Gasteiger partial charge >= 0.3 is 5.97 Å². The molecule has 1 aliphatic heterocycles. The Kier molecular flexibility index (Phi) is 4.74. The minimum atomic E-state index is -0.669. The summed E-state index contributed by atoms with van der Waals surface area (Å²) < 4.78 is 11.1. The number of benzene rings is 1. The number of carboxylic acid groups (broad SMARTS) is 1. The largest absolute Gasteiger partial charge is 0.486 e. The molecule has 2 aliphatic rings. The zero-order valence-corrected chi connectivity index (χ0v) is 13.1. The molecule has 5 nitrogen and oxygen atoms in total. The lowest BCUT2D eigenvalue weighted by Crippen LogP contribution is -2.34. The van der Waals surface area contributed by atoms with Crippen molar-refractivity contribution in [2.75, 3.05) is 13.2 Å². The van der Waals surface area contributed by atoms with Gasteiger partial charge in [0.1, 0.15) is 13.2 Å². The van der Waals surface area contributed by atoms with Gasteiger partial charge in [-0.3, -0.25) is 4.79 Å². The van der Waals surface area contributed by atoms with E-state index in [-0.39, 0.29) is 5.92 Å². The topological polar surface area (TPSA) is 67.8 Å². The van der Waals surface area contributed by atoms with E-state index in [0.717, 1.165) is 31.2 Å². The number of ether oxygens (including phenoxy) is 2. The van der Waals surface area contributed by atoms with Crippen LogP contribution in [-0.2, 0) is 11.3 Å². The molecule has 0 aromatic heterocycles. The molecule has 0 radical (unpaired) electrons. The van der Waals surface area contributed by atoms with Gasteiger partial charge in [0, 0.05) is 12.6 Å². The maximum absolute atomic E-state index is 11.0. The average molecular weight is 326 g/mol. The monoisotopic (exact) mass is 325 g/mol. The van der Waals surface area contributed by atoms with Crippen molar-refractivity contribution in [2.45, 2.75) is 38.3 Å². The number of aliphatic carboxylic acids is 1. The van der Waals surface area contributed by atoms with E-state index in [2.05, 4.69) is 5.32 Å². The van der Waals surface area contributed by atoms with Crippen molar-refractivity contribution < 1.29 is 19.4 Å². The van der Waals surface area contributed by atoms with E-state index in [4.69, 9.17) is 26.2 Å². The van der Waals surface area contributed by atoms with Crippen molar-refractivity contribution in [3.05, 3.63) is 22.7 Å². The van der Waals surface area contributed by atoms with Gasteiger partial charge in [0.05, 0.1) is 10.9 Å². The Labute approximate surface area is 134 Å². The molecule has 1 aromatic rings. The second kappa shape index (κ2) is 6.75. The van der Waals surface area contributed by atoms with Crippen LogP contribution in [0.2, 0.25) is 5.02 Å². The van der Waals surface area contributed by atoms with Crippen LogP contribution in [0.1, 0.15) is 31.2 Å². The summed E-state index contributed by atoms with van der Waals surface area (Å²) in [5.41, 5.74) is 1.05. The molecule has 3 rings (SSSR count). The normalized spacial score (nSPS) is 24.0. The smallest absolute Gasteiger partial charge is 0.306 e. The van der Waals surface area contributed by atoms with Crippen LogP contribution < -0.4 is 14.8 Å². The van der Waals surface area contributed by atoms with Gasteiger partial charge in [0.25, 0.3) is 0 Å². The molecule has 120 valence electrons. The highest BCUT2D eigenvalue weighted by molar-refractivity contribution is 6.32. The molecular formula is C16H20ClNO4. The van der Waals surface area contributed by atoms with Crippen molar-refractivity contribution in [3.63, 3.8) is 0 Å². The average Bonchev–Trinajstić information content (AvgIpc) is 2.53. The van der Waals surface area contributed by atoms with Crippen molar-refractivity contribution in [3.8, 4) is 11.5 Å². The number of hydrogen-bond donors (Lipinski definition) is 2. The Bertz CT molecular complexity index is 555. The first-order valence-electron chi connectivity index (χ1n) is 7.67. The van der Waals surface area contributed by atoms with Crippen LogP contribution in [0.25, 0.3) is 0 Å². The van der Waals surface area contributed by atoms with Gasteiger partial charge in [0.2, 0.25) is 0 Å². The second-order valence-corrected chi connectivity index (χ2v) is 6.28. The molecule has 6 heteroatoms. The summed E-state index contributed by atoms with van der Waals surface area (Å²) in [6, 6.07) is 4.21. The fourth-order valence-electron chi connectivity index (χ4n) is 3.07. The van der Waals surface area contributed by atoms with Gasteiger partial charge in [-0.1, -0.05) is 11.6 Å². The molecule has 1 aliphatic carbocycles. The van der Waals surface area contributed by atoms with E-state index in [1.165, 1.54) is 0 Å². The third kappa shape index (κ3) is 3.47. The highest BCUT2D eigenvalue weighted by Gasteiger charge is 2.25. The first-order chi connectivity index (χ1) is 10.6. The molecule has 1 saturated carbocycles. The summed E-state index contributed by atoms with van der Waals surface area (Å²) in [4.78, 5) is 11.0. The van der Waals surface area contributed by atoms with Crippen LogP contribution in [-0.4, -0.2) is 30.3 Å². The zero-order chi connectivity index (χ0) is 15.5. The van der Waals surface area contributed by atoms with Crippen LogP contribution in [0.5, 0.6) is 11.5 Å². The van der Waals surface area contributed by atoms with Gasteiger partial charge in [-0.05, 0) is 43.4 Å². The Morgan fingerprint density at radius 2 is 1.95 bits per heavy atom. The second-order valence-electron chi connectivity index (χ2n) is 5.87. The van der Waals surface area contributed by atoms with Crippen LogP contribution in [0, 0.1) is 5.92 Å². The summed E-state index contributed by atoms with van der Waals surface area (Å²) in [6.45, 7) is 1.76. The Morgan fingerprint density at radius 1 is 1.23 bits per heavy atom. The van der Waals surface area contributed by atoms with E-state index >= 15 is 0 Å². The third-order valence-electron chi connectivity index (χ3n) is 4.33. The number of nitrogens with one attached hydrogen (secondary N) is 1. The quantitative estimate of drug-likeness (QED) is 0.891. The predicted octanol–water partition coefficient (Wildman–Crippen LogP) is 2.84. The van der Waals surface area contributed by atoms with Crippen molar-refractivity contribution in [1.29, 1.82) is 0 Å². The molecule has 0 spiro atoms. The first-order valence-corrected chi connectivity index (χ1v) is 8.05. The molecule has 1 aromatic carbocycles. The maximum Gasteiger partial charge on any atom is 0.306 e. The lowest BCUT2D eigenvalue weighted by Gasteiger charge is -2.27. The van der Waals surface area contributed by atoms with Gasteiger partial charge < -0.3 is 19.9 Å². The lowest BCUT2D eigenvalue weighted by atomic mass is 9.86. The standard InChI is InChI=1S/C16H20ClNO4/c17-13-7-10(8-14-15(13)22-6-5-21-14)9-18-12-3-1-11(2-4-12)16(19)20/h7-8,11-12,18H,1-6,9H2,(H,19,20). The Hall–Kier alpha value is -1.46. The Morgan fingerprint density at radius 3 is 2.68 bits per heavy atom. The summed E-state index contributed by atoms with van der Waals surface area (Å²) >= 11 is 6.22. The third-order valence-corrected chi connectivity index (χ3v) is 4.61. The molecule has 0 unspecified atom stereocenters. The zero-order valence-electron chi connectivity index (χ0n) is 12.3. The molecule has 22 heavy (non-hydrogen) atoms. The highest BCUT2D eigenvalue weighted by atomic mass is 35.5. The van der Waals surface area contributed by atoms with E-state index in [9.17, 15) is 4.79 Å². The molecule has 0 amide bonds. The summed E-state index contributed by atoms with van der Waals surface area (Å²) in [5, 5.41) is 13.1. The SMILES string of the molecule is O=C(O)C1CCC(NCc2cc(Cl)c3c(c2)OCCO3)CC1. The number of fused-ring (bicyclic) bond motifs is 1. The molecule has 1 fully saturated rings. The Balaban J connectivity index is 1.56. The van der Waals surface area contributed by atoms with Crippen LogP contribution in [0.3, 0.4) is 0 Å². The minimum Gasteiger partial charge on any atom is -0.486 e.